The van der Waals surface area contributed by atoms with Crippen molar-refractivity contribution >= 4 is 35.0 Å². The number of methoxy groups -OCH3 is 1. The minimum atomic E-state index is -0.188. The topological polar surface area (TPSA) is 99.7 Å². The number of carbonyl (C=O) groups is 2. The highest BCUT2D eigenvalue weighted by molar-refractivity contribution is 5.99. The molecule has 1 aliphatic heterocycles. The summed E-state index contributed by atoms with van der Waals surface area (Å²) in [5.41, 5.74) is 1.89. The Morgan fingerprint density at radius 2 is 2.03 bits per heavy atom. The lowest BCUT2D eigenvalue weighted by Crippen LogP contribution is -2.39. The lowest BCUT2D eigenvalue weighted by molar-refractivity contribution is -0.121. The van der Waals surface area contributed by atoms with Gasteiger partial charge in [-0.3, -0.25) is 9.59 Å². The van der Waals surface area contributed by atoms with E-state index in [1.807, 2.05) is 0 Å². The fraction of sp³-hybridized carbons (Fsp3) is 0.500. The summed E-state index contributed by atoms with van der Waals surface area (Å²) in [6.45, 7) is 2.73. The molecule has 0 spiro atoms. The number of aromatic nitrogens is 2. The predicted octanol–water partition coefficient (Wildman–Crippen LogP) is 3.34. The maximum atomic E-state index is 13.0. The van der Waals surface area contributed by atoms with E-state index in [-0.39, 0.29) is 17.7 Å². The largest absolute Gasteiger partial charge is 0.495 e. The summed E-state index contributed by atoms with van der Waals surface area (Å²) in [7, 11) is 4.95. The number of ether oxygens (including phenoxy) is 1. The van der Waals surface area contributed by atoms with Gasteiger partial charge < -0.3 is 25.2 Å². The van der Waals surface area contributed by atoms with Crippen LogP contribution in [0.5, 0.6) is 5.75 Å². The van der Waals surface area contributed by atoms with Crippen molar-refractivity contribution in [3.63, 3.8) is 0 Å². The van der Waals surface area contributed by atoms with Crippen molar-refractivity contribution in [2.45, 2.75) is 45.1 Å². The van der Waals surface area contributed by atoms with E-state index < -0.39 is 0 Å². The molecule has 9 nitrogen and oxygen atoms in total. The van der Waals surface area contributed by atoms with Gasteiger partial charge in [0.2, 0.25) is 11.9 Å². The number of nitrogens with zero attached hydrogens (tertiary/aromatic N) is 4. The average molecular weight is 453 g/mol. The van der Waals surface area contributed by atoms with Crippen molar-refractivity contribution in [2.24, 2.45) is 5.92 Å². The van der Waals surface area contributed by atoms with Crippen LogP contribution in [-0.2, 0) is 4.79 Å². The van der Waals surface area contributed by atoms with Crippen LogP contribution in [0, 0.1) is 5.92 Å². The smallest absolute Gasteiger partial charge is 0.251 e. The Hall–Kier alpha value is -3.36. The molecule has 1 fully saturated rings. The van der Waals surface area contributed by atoms with Crippen molar-refractivity contribution in [1.29, 1.82) is 0 Å². The summed E-state index contributed by atoms with van der Waals surface area (Å²) in [5, 5.41) is 5.84. The van der Waals surface area contributed by atoms with Gasteiger partial charge in [-0.1, -0.05) is 19.8 Å². The highest BCUT2D eigenvalue weighted by Crippen LogP contribution is 2.38. The van der Waals surface area contributed by atoms with E-state index in [9.17, 15) is 9.59 Å². The van der Waals surface area contributed by atoms with Gasteiger partial charge in [0.15, 0.2) is 5.82 Å². The van der Waals surface area contributed by atoms with Crippen molar-refractivity contribution in [2.75, 3.05) is 42.9 Å². The van der Waals surface area contributed by atoms with Crippen LogP contribution in [-0.4, -0.2) is 55.6 Å². The molecule has 1 saturated carbocycles. The number of carbonyl (C=O) groups excluding carboxylic acids is 2. The maximum absolute atomic E-state index is 13.0. The van der Waals surface area contributed by atoms with E-state index >= 15 is 0 Å². The first-order valence-corrected chi connectivity index (χ1v) is 11.5. The number of rotatable bonds is 6. The predicted molar refractivity (Wildman–Crippen MR) is 128 cm³/mol. The third kappa shape index (κ3) is 4.44. The molecule has 2 amide bonds. The summed E-state index contributed by atoms with van der Waals surface area (Å²) in [6, 6.07) is 5.54. The fourth-order valence-corrected chi connectivity index (χ4v) is 4.71. The summed E-state index contributed by atoms with van der Waals surface area (Å²) >= 11 is 0. The number of benzene rings is 1. The number of fused-ring (bicyclic) bond motifs is 1. The molecule has 0 saturated heterocycles. The Labute approximate surface area is 194 Å². The molecule has 1 aliphatic carbocycles. The summed E-state index contributed by atoms with van der Waals surface area (Å²) in [5.74, 6) is 1.56. The van der Waals surface area contributed by atoms with Gasteiger partial charge >= 0.3 is 0 Å². The first-order chi connectivity index (χ1) is 16.0. The van der Waals surface area contributed by atoms with Gasteiger partial charge in [-0.15, -0.1) is 0 Å². The molecule has 1 aromatic carbocycles. The Morgan fingerprint density at radius 3 is 2.70 bits per heavy atom. The molecule has 1 atom stereocenters. The molecular formula is C24H32N6O3. The van der Waals surface area contributed by atoms with Gasteiger partial charge in [0.25, 0.3) is 5.91 Å². The van der Waals surface area contributed by atoms with Gasteiger partial charge in [-0.25, -0.2) is 4.98 Å². The monoisotopic (exact) mass is 452 g/mol. The standard InChI is InChI=1S/C24H32N6O3/c1-5-15-14-30(17-8-6-7-9-17)21-19(29(3)23(15)32)13-26-24(28-21)27-18-11-10-16(22(31)25-2)12-20(18)33-4/h10-13,15,17H,5-9,14H2,1-4H3,(H,25,31)(H,26,27,28)/t15-/m0/s1. The average Bonchev–Trinajstić information content (AvgIpc) is 3.35. The van der Waals surface area contributed by atoms with Crippen molar-refractivity contribution in [3.8, 4) is 5.75 Å². The van der Waals surface area contributed by atoms with Crippen LogP contribution in [0.25, 0.3) is 0 Å². The summed E-state index contributed by atoms with van der Waals surface area (Å²) in [4.78, 5) is 38.4. The molecule has 0 bridgehead atoms. The Morgan fingerprint density at radius 1 is 1.27 bits per heavy atom. The molecule has 33 heavy (non-hydrogen) atoms. The van der Waals surface area contributed by atoms with Crippen LogP contribution in [0.3, 0.4) is 0 Å². The van der Waals surface area contributed by atoms with Crippen molar-refractivity contribution < 1.29 is 14.3 Å². The molecule has 4 rings (SSSR count). The highest BCUT2D eigenvalue weighted by atomic mass is 16.5. The second-order valence-electron chi connectivity index (χ2n) is 8.61. The molecule has 9 heteroatoms. The molecule has 2 N–H and O–H groups in total. The van der Waals surface area contributed by atoms with E-state index in [1.165, 1.54) is 12.8 Å². The van der Waals surface area contributed by atoms with E-state index in [1.54, 1.807) is 50.5 Å². The van der Waals surface area contributed by atoms with E-state index in [4.69, 9.17) is 9.72 Å². The van der Waals surface area contributed by atoms with Crippen LogP contribution in [0.4, 0.5) is 23.1 Å². The Bertz CT molecular complexity index is 1040. The minimum absolute atomic E-state index is 0.0708. The van der Waals surface area contributed by atoms with Gasteiger partial charge in [0.1, 0.15) is 11.4 Å². The zero-order chi connectivity index (χ0) is 23.5. The normalized spacial score (nSPS) is 18.7. The maximum Gasteiger partial charge on any atom is 0.251 e. The second kappa shape index (κ2) is 9.64. The third-order valence-electron chi connectivity index (χ3n) is 6.68. The van der Waals surface area contributed by atoms with Gasteiger partial charge in [-0.05, 0) is 37.5 Å². The van der Waals surface area contributed by atoms with E-state index in [0.29, 0.717) is 35.5 Å². The number of amides is 2. The molecule has 0 radical (unpaired) electrons. The first-order valence-electron chi connectivity index (χ1n) is 11.5. The van der Waals surface area contributed by atoms with Crippen molar-refractivity contribution in [3.05, 3.63) is 30.0 Å². The molecule has 2 aromatic rings. The number of hydrogen-bond donors (Lipinski definition) is 2. The lowest BCUT2D eigenvalue weighted by atomic mass is 10.0. The minimum Gasteiger partial charge on any atom is -0.495 e. The van der Waals surface area contributed by atoms with Crippen LogP contribution >= 0.6 is 0 Å². The second-order valence-corrected chi connectivity index (χ2v) is 8.61. The van der Waals surface area contributed by atoms with Crippen LogP contribution < -0.4 is 25.2 Å². The first kappa shape index (κ1) is 22.8. The van der Waals surface area contributed by atoms with Crippen molar-refractivity contribution in [1.82, 2.24) is 15.3 Å². The summed E-state index contributed by atoms with van der Waals surface area (Å²) < 4.78 is 5.49. The number of hydrogen-bond acceptors (Lipinski definition) is 7. The fourth-order valence-electron chi connectivity index (χ4n) is 4.71. The van der Waals surface area contributed by atoms with Crippen LogP contribution in [0.2, 0.25) is 0 Å². The van der Waals surface area contributed by atoms with Gasteiger partial charge in [0, 0.05) is 32.2 Å². The molecule has 2 aliphatic rings. The van der Waals surface area contributed by atoms with E-state index in [0.717, 1.165) is 30.8 Å². The lowest BCUT2D eigenvalue weighted by Gasteiger charge is -2.31. The zero-order valence-electron chi connectivity index (χ0n) is 19.7. The zero-order valence-corrected chi connectivity index (χ0v) is 19.7. The van der Waals surface area contributed by atoms with E-state index in [2.05, 4.69) is 27.4 Å². The van der Waals surface area contributed by atoms with Crippen LogP contribution in [0.15, 0.2) is 24.4 Å². The molecular weight excluding hydrogens is 420 g/mol. The molecule has 176 valence electrons. The Kier molecular flexibility index (Phi) is 6.67. The van der Waals surface area contributed by atoms with Gasteiger partial charge in [-0.2, -0.15) is 4.98 Å². The molecule has 0 unspecified atom stereocenters. The highest BCUT2D eigenvalue weighted by Gasteiger charge is 2.36. The number of nitrogens with one attached hydrogen (secondary N) is 2. The molecule has 1 aromatic heterocycles. The SMILES string of the molecule is CC[C@H]1CN(C2CCCC2)c2nc(Nc3ccc(C(=O)NC)cc3OC)ncc2N(C)C1=O. The number of anilines is 4. The molecule has 2 heterocycles. The summed E-state index contributed by atoms with van der Waals surface area (Å²) in [6.07, 6.45) is 7.11. The third-order valence-corrected chi connectivity index (χ3v) is 6.68. The van der Waals surface area contributed by atoms with Crippen LogP contribution in [0.1, 0.15) is 49.4 Å². The Balaban J connectivity index is 1.70. The van der Waals surface area contributed by atoms with Gasteiger partial charge in [0.05, 0.1) is 24.9 Å². The quantitative estimate of drug-likeness (QED) is 0.693.